The molecule has 0 bridgehead atoms. The van der Waals surface area contributed by atoms with Crippen molar-refractivity contribution in [2.24, 2.45) is 0 Å². The first kappa shape index (κ1) is 18.8. The van der Waals surface area contributed by atoms with Gasteiger partial charge in [-0.2, -0.15) is 5.10 Å². The smallest absolute Gasteiger partial charge is 0.155 e. The van der Waals surface area contributed by atoms with Gasteiger partial charge in [0.15, 0.2) is 11.5 Å². The number of likely N-dealkylation sites (tertiary alicyclic amines) is 1. The zero-order chi connectivity index (χ0) is 20.3. The maximum absolute atomic E-state index is 5.35. The van der Waals surface area contributed by atoms with Gasteiger partial charge in [0.05, 0.1) is 7.11 Å². The Hall–Kier alpha value is -3.25. The van der Waals surface area contributed by atoms with E-state index >= 15 is 0 Å². The number of fused-ring (bicyclic) bond motifs is 1. The van der Waals surface area contributed by atoms with Crippen molar-refractivity contribution in [1.29, 1.82) is 0 Å². The Labute approximate surface area is 176 Å². The Balaban J connectivity index is 1.30. The molecule has 3 aromatic heterocycles. The normalized spacial score (nSPS) is 15.5. The van der Waals surface area contributed by atoms with Crippen molar-refractivity contribution in [1.82, 2.24) is 24.5 Å². The number of nitrogens with zero attached hydrogens (tertiary/aromatic N) is 5. The van der Waals surface area contributed by atoms with Crippen LogP contribution < -0.4 is 4.74 Å². The molecule has 1 aliphatic rings. The minimum atomic E-state index is 0.412. The predicted octanol–water partition coefficient (Wildman–Crippen LogP) is 4.18. The van der Waals surface area contributed by atoms with Gasteiger partial charge in [-0.3, -0.25) is 9.88 Å². The number of piperidine rings is 1. The molecule has 0 aliphatic carbocycles. The van der Waals surface area contributed by atoms with E-state index in [1.807, 2.05) is 47.2 Å². The standard InChI is InChI=1S/C24H25N5O/c1-30-22-6-2-5-20(14-22)21-7-8-23-26-24(27-29(23)17-21)19-9-12-28(13-10-19)16-18-4-3-11-25-15-18/h2-8,11,14-15,17,19H,9-10,12-13,16H2,1H3. The second-order valence-corrected chi connectivity index (χ2v) is 7.83. The van der Waals surface area contributed by atoms with E-state index in [1.165, 1.54) is 5.56 Å². The summed E-state index contributed by atoms with van der Waals surface area (Å²) in [6.07, 6.45) is 8.00. The maximum atomic E-state index is 5.35. The average molecular weight is 399 g/mol. The van der Waals surface area contributed by atoms with Crippen LogP contribution in [0.5, 0.6) is 5.75 Å². The summed E-state index contributed by atoms with van der Waals surface area (Å²) in [6, 6.07) is 16.4. The zero-order valence-electron chi connectivity index (χ0n) is 17.1. The van der Waals surface area contributed by atoms with Crippen LogP contribution in [0.1, 0.15) is 30.1 Å². The number of benzene rings is 1. The van der Waals surface area contributed by atoms with Crippen LogP contribution in [-0.4, -0.2) is 44.7 Å². The number of hydrogen-bond donors (Lipinski definition) is 0. The summed E-state index contributed by atoms with van der Waals surface area (Å²) in [5.74, 6) is 2.22. The summed E-state index contributed by atoms with van der Waals surface area (Å²) in [7, 11) is 1.69. The molecule has 1 aliphatic heterocycles. The number of aromatic nitrogens is 4. The minimum Gasteiger partial charge on any atom is -0.497 e. The molecular formula is C24H25N5O. The number of pyridine rings is 2. The van der Waals surface area contributed by atoms with Crippen LogP contribution in [0, 0.1) is 0 Å². The van der Waals surface area contributed by atoms with E-state index in [0.29, 0.717) is 5.92 Å². The molecular weight excluding hydrogens is 374 g/mol. The van der Waals surface area contributed by atoms with E-state index in [1.54, 1.807) is 7.11 Å². The van der Waals surface area contributed by atoms with Crippen molar-refractivity contribution >= 4 is 5.65 Å². The topological polar surface area (TPSA) is 55.5 Å². The third-order valence-electron chi connectivity index (χ3n) is 5.83. The molecule has 1 fully saturated rings. The lowest BCUT2D eigenvalue weighted by molar-refractivity contribution is 0.201. The van der Waals surface area contributed by atoms with Crippen molar-refractivity contribution in [2.45, 2.75) is 25.3 Å². The molecule has 0 saturated carbocycles. The first-order valence-corrected chi connectivity index (χ1v) is 10.4. The molecule has 0 radical (unpaired) electrons. The maximum Gasteiger partial charge on any atom is 0.155 e. The van der Waals surface area contributed by atoms with Crippen LogP contribution in [0.15, 0.2) is 67.1 Å². The molecule has 0 amide bonds. The Kier molecular flexibility index (Phi) is 5.15. The molecule has 0 spiro atoms. The summed E-state index contributed by atoms with van der Waals surface area (Å²) in [5.41, 5.74) is 4.38. The van der Waals surface area contributed by atoms with Gasteiger partial charge in [0.2, 0.25) is 0 Å². The van der Waals surface area contributed by atoms with E-state index in [9.17, 15) is 0 Å². The average Bonchev–Trinajstić information content (AvgIpc) is 3.24. The number of hydrogen-bond acceptors (Lipinski definition) is 5. The highest BCUT2D eigenvalue weighted by Crippen LogP contribution is 2.28. The Morgan fingerprint density at radius 3 is 2.73 bits per heavy atom. The SMILES string of the molecule is COc1cccc(-c2ccc3nc(C4CCN(Cc5cccnc5)CC4)nn3c2)c1. The summed E-state index contributed by atoms with van der Waals surface area (Å²) >= 11 is 0. The molecule has 6 nitrogen and oxygen atoms in total. The summed E-state index contributed by atoms with van der Waals surface area (Å²) in [4.78, 5) is 11.5. The van der Waals surface area contributed by atoms with Crippen molar-refractivity contribution in [3.63, 3.8) is 0 Å². The van der Waals surface area contributed by atoms with Crippen LogP contribution in [0.3, 0.4) is 0 Å². The molecule has 152 valence electrons. The lowest BCUT2D eigenvalue weighted by Crippen LogP contribution is -2.32. The van der Waals surface area contributed by atoms with Gasteiger partial charge < -0.3 is 4.74 Å². The Bertz CT molecular complexity index is 1130. The van der Waals surface area contributed by atoms with E-state index in [2.05, 4.69) is 34.3 Å². The van der Waals surface area contributed by atoms with E-state index in [4.69, 9.17) is 14.8 Å². The first-order valence-electron chi connectivity index (χ1n) is 10.4. The van der Waals surface area contributed by atoms with Crippen molar-refractivity contribution in [3.8, 4) is 16.9 Å². The molecule has 5 rings (SSSR count). The fourth-order valence-electron chi connectivity index (χ4n) is 4.15. The highest BCUT2D eigenvalue weighted by molar-refractivity contribution is 5.65. The van der Waals surface area contributed by atoms with Gasteiger partial charge in [0, 0.05) is 36.6 Å². The van der Waals surface area contributed by atoms with Crippen molar-refractivity contribution < 1.29 is 4.74 Å². The summed E-state index contributed by atoms with van der Waals surface area (Å²) in [5, 5.41) is 4.82. The molecule has 30 heavy (non-hydrogen) atoms. The van der Waals surface area contributed by atoms with Crippen molar-refractivity contribution in [2.75, 3.05) is 20.2 Å². The van der Waals surface area contributed by atoms with Gasteiger partial charge in [-0.05, 0) is 67.4 Å². The monoisotopic (exact) mass is 399 g/mol. The molecule has 0 N–H and O–H groups in total. The molecule has 1 saturated heterocycles. The summed E-state index contributed by atoms with van der Waals surface area (Å²) < 4.78 is 7.26. The van der Waals surface area contributed by atoms with Crippen molar-refractivity contribution in [3.05, 3.63) is 78.5 Å². The zero-order valence-corrected chi connectivity index (χ0v) is 17.1. The van der Waals surface area contributed by atoms with E-state index in [0.717, 1.165) is 60.8 Å². The van der Waals surface area contributed by atoms with Crippen LogP contribution in [0.4, 0.5) is 0 Å². The lowest BCUT2D eigenvalue weighted by atomic mass is 9.96. The van der Waals surface area contributed by atoms with Crippen LogP contribution in [0.2, 0.25) is 0 Å². The van der Waals surface area contributed by atoms with E-state index < -0.39 is 0 Å². The van der Waals surface area contributed by atoms with Gasteiger partial charge in [0.1, 0.15) is 5.75 Å². The highest BCUT2D eigenvalue weighted by Gasteiger charge is 2.24. The van der Waals surface area contributed by atoms with Gasteiger partial charge in [0.25, 0.3) is 0 Å². The van der Waals surface area contributed by atoms with E-state index in [-0.39, 0.29) is 0 Å². The third kappa shape index (κ3) is 3.91. The number of methoxy groups -OCH3 is 1. The number of rotatable bonds is 5. The molecule has 1 aromatic carbocycles. The first-order chi connectivity index (χ1) is 14.8. The minimum absolute atomic E-state index is 0.412. The lowest BCUT2D eigenvalue weighted by Gasteiger charge is -2.30. The van der Waals surface area contributed by atoms with Gasteiger partial charge in [-0.15, -0.1) is 0 Å². The van der Waals surface area contributed by atoms with Crippen LogP contribution >= 0.6 is 0 Å². The molecule has 6 heteroatoms. The molecule has 4 heterocycles. The summed E-state index contributed by atoms with van der Waals surface area (Å²) in [6.45, 7) is 3.08. The fraction of sp³-hybridized carbons (Fsp3) is 0.292. The predicted molar refractivity (Wildman–Crippen MR) is 116 cm³/mol. The fourth-order valence-corrected chi connectivity index (χ4v) is 4.15. The third-order valence-corrected chi connectivity index (χ3v) is 5.83. The number of ether oxygens (including phenoxy) is 1. The Morgan fingerprint density at radius 1 is 1.03 bits per heavy atom. The second-order valence-electron chi connectivity index (χ2n) is 7.83. The van der Waals surface area contributed by atoms with Gasteiger partial charge in [-0.1, -0.05) is 18.2 Å². The Morgan fingerprint density at radius 2 is 1.93 bits per heavy atom. The second kappa shape index (κ2) is 8.24. The molecule has 0 unspecified atom stereocenters. The molecule has 0 atom stereocenters. The van der Waals surface area contributed by atoms with Gasteiger partial charge in [-0.25, -0.2) is 9.50 Å². The van der Waals surface area contributed by atoms with Gasteiger partial charge >= 0.3 is 0 Å². The van der Waals surface area contributed by atoms with Crippen LogP contribution in [-0.2, 0) is 6.54 Å². The molecule has 4 aromatic rings. The largest absolute Gasteiger partial charge is 0.497 e. The van der Waals surface area contributed by atoms with Crippen LogP contribution in [0.25, 0.3) is 16.8 Å². The highest BCUT2D eigenvalue weighted by atomic mass is 16.5. The quantitative estimate of drug-likeness (QED) is 0.504.